The summed E-state index contributed by atoms with van der Waals surface area (Å²) in [4.78, 5) is 10.6. The number of methoxy groups -OCH3 is 1. The second-order valence-electron chi connectivity index (χ2n) is 5.22. The predicted octanol–water partition coefficient (Wildman–Crippen LogP) is 0.394. The molecule has 1 aromatic heterocycles. The summed E-state index contributed by atoms with van der Waals surface area (Å²) in [5, 5.41) is 14.3. The summed E-state index contributed by atoms with van der Waals surface area (Å²) in [6, 6.07) is 4.82. The van der Waals surface area contributed by atoms with Crippen molar-refractivity contribution in [3.05, 3.63) is 23.8 Å². The number of rotatable bonds is 4. The minimum Gasteiger partial charge on any atom is -0.545 e. The fraction of sp³-hybridized carbons (Fsp3) is 0.462. The Bertz CT molecular complexity index is 563. The van der Waals surface area contributed by atoms with Gasteiger partial charge < -0.3 is 19.1 Å². The SMILES string of the molecule is COCC[N+](C)(C)C.O=C([O-])c1cccc2nnsc12. The number of carboxylic acid groups (broad SMARTS) is 1. The Morgan fingerprint density at radius 2 is 2.10 bits per heavy atom. The number of quaternary nitrogens is 1. The van der Waals surface area contributed by atoms with Crippen molar-refractivity contribution >= 4 is 27.7 Å². The highest BCUT2D eigenvalue weighted by Gasteiger charge is 2.04. The van der Waals surface area contributed by atoms with Gasteiger partial charge in [-0.1, -0.05) is 16.6 Å². The quantitative estimate of drug-likeness (QED) is 0.763. The zero-order chi connectivity index (χ0) is 15.2. The molecule has 0 spiro atoms. The van der Waals surface area contributed by atoms with Crippen molar-refractivity contribution in [3.63, 3.8) is 0 Å². The molecule has 0 aliphatic rings. The zero-order valence-corrected chi connectivity index (χ0v) is 12.9. The van der Waals surface area contributed by atoms with E-state index in [1.807, 2.05) is 0 Å². The van der Waals surface area contributed by atoms with Gasteiger partial charge in [-0.25, -0.2) is 0 Å². The van der Waals surface area contributed by atoms with Gasteiger partial charge in [0.2, 0.25) is 0 Å². The number of carbonyl (C=O) groups is 1. The molecule has 0 saturated carbocycles. The molecule has 0 bridgehead atoms. The molecule has 110 valence electrons. The van der Waals surface area contributed by atoms with E-state index >= 15 is 0 Å². The van der Waals surface area contributed by atoms with Gasteiger partial charge >= 0.3 is 0 Å². The summed E-state index contributed by atoms with van der Waals surface area (Å²) >= 11 is 1.06. The molecule has 0 fully saturated rings. The Hall–Kier alpha value is -1.57. The molecule has 1 heterocycles. The van der Waals surface area contributed by atoms with Crippen LogP contribution in [-0.2, 0) is 4.74 Å². The van der Waals surface area contributed by atoms with Crippen molar-refractivity contribution in [2.24, 2.45) is 0 Å². The third-order valence-electron chi connectivity index (χ3n) is 2.46. The molecule has 0 aliphatic heterocycles. The Morgan fingerprint density at radius 3 is 2.60 bits per heavy atom. The van der Waals surface area contributed by atoms with E-state index in [1.165, 1.54) is 6.07 Å². The number of fused-ring (bicyclic) bond motifs is 1. The van der Waals surface area contributed by atoms with E-state index in [0.29, 0.717) is 10.2 Å². The summed E-state index contributed by atoms with van der Waals surface area (Å²) in [7, 11) is 8.19. The topological polar surface area (TPSA) is 75.1 Å². The largest absolute Gasteiger partial charge is 0.545 e. The van der Waals surface area contributed by atoms with Gasteiger partial charge in [0.25, 0.3) is 0 Å². The summed E-state index contributed by atoms with van der Waals surface area (Å²) in [5.74, 6) is -1.19. The fourth-order valence-electron chi connectivity index (χ4n) is 1.33. The first kappa shape index (κ1) is 16.5. The van der Waals surface area contributed by atoms with Crippen LogP contribution < -0.4 is 5.11 Å². The smallest absolute Gasteiger partial charge is 0.106 e. The lowest BCUT2D eigenvalue weighted by Crippen LogP contribution is -2.37. The monoisotopic (exact) mass is 297 g/mol. The van der Waals surface area contributed by atoms with Gasteiger partial charge in [0, 0.05) is 12.7 Å². The molecule has 0 atom stereocenters. The van der Waals surface area contributed by atoms with Gasteiger partial charge in [0.05, 0.1) is 38.4 Å². The van der Waals surface area contributed by atoms with E-state index in [2.05, 4.69) is 30.7 Å². The van der Waals surface area contributed by atoms with Crippen LogP contribution in [0.15, 0.2) is 18.2 Å². The molecule has 0 unspecified atom stereocenters. The fourth-order valence-corrected chi connectivity index (χ4v) is 1.99. The van der Waals surface area contributed by atoms with E-state index in [4.69, 9.17) is 4.74 Å². The van der Waals surface area contributed by atoms with Crippen molar-refractivity contribution in [3.8, 4) is 0 Å². The highest BCUT2D eigenvalue weighted by Crippen LogP contribution is 2.19. The van der Waals surface area contributed by atoms with Crippen LogP contribution in [-0.4, -0.2) is 61.4 Å². The Morgan fingerprint density at radius 1 is 1.40 bits per heavy atom. The number of aromatic carboxylic acids is 1. The molecule has 0 radical (unpaired) electrons. The van der Waals surface area contributed by atoms with Crippen molar-refractivity contribution in [2.75, 3.05) is 41.4 Å². The van der Waals surface area contributed by atoms with Gasteiger partial charge in [0.15, 0.2) is 0 Å². The van der Waals surface area contributed by atoms with Crippen LogP contribution in [0.4, 0.5) is 0 Å². The molecule has 1 aromatic carbocycles. The summed E-state index contributed by atoms with van der Waals surface area (Å²) < 4.78 is 10.1. The van der Waals surface area contributed by atoms with E-state index in [0.717, 1.165) is 29.2 Å². The molecule has 0 amide bonds. The third-order valence-corrected chi connectivity index (χ3v) is 3.24. The number of carbonyl (C=O) groups excluding carboxylic acids is 1. The van der Waals surface area contributed by atoms with E-state index in [1.54, 1.807) is 19.2 Å². The van der Waals surface area contributed by atoms with Crippen LogP contribution >= 0.6 is 11.5 Å². The molecular formula is C13H19N3O3S. The highest BCUT2D eigenvalue weighted by atomic mass is 32.1. The summed E-state index contributed by atoms with van der Waals surface area (Å²) in [6.07, 6.45) is 0. The number of hydrogen-bond donors (Lipinski definition) is 0. The standard InChI is InChI=1S/C7H4N2O2S.C6H16NO/c10-7(11)4-2-1-3-5-6(4)12-9-8-5;1-7(2,3)5-6-8-4/h1-3H,(H,10,11);5-6H2,1-4H3/q;+1/p-1. The second-order valence-corrected chi connectivity index (χ2v) is 5.98. The molecular weight excluding hydrogens is 278 g/mol. The maximum atomic E-state index is 10.6. The first-order valence-corrected chi connectivity index (χ1v) is 6.84. The Kier molecular flexibility index (Phi) is 6.00. The molecule has 20 heavy (non-hydrogen) atoms. The second kappa shape index (κ2) is 7.28. The van der Waals surface area contributed by atoms with Gasteiger partial charge in [-0.05, 0) is 17.6 Å². The Balaban J connectivity index is 0.000000221. The highest BCUT2D eigenvalue weighted by molar-refractivity contribution is 7.13. The number of nitrogens with zero attached hydrogens (tertiary/aromatic N) is 3. The van der Waals surface area contributed by atoms with E-state index in [-0.39, 0.29) is 5.56 Å². The maximum Gasteiger partial charge on any atom is 0.106 e. The Labute approximate surface area is 122 Å². The molecule has 6 nitrogen and oxygen atoms in total. The number of aromatic nitrogens is 2. The summed E-state index contributed by atoms with van der Waals surface area (Å²) in [6.45, 7) is 1.93. The van der Waals surface area contributed by atoms with E-state index in [9.17, 15) is 9.90 Å². The van der Waals surface area contributed by atoms with Crippen molar-refractivity contribution in [2.45, 2.75) is 0 Å². The van der Waals surface area contributed by atoms with Crippen molar-refractivity contribution < 1.29 is 19.1 Å². The van der Waals surface area contributed by atoms with E-state index < -0.39 is 5.97 Å². The normalized spacial score (nSPS) is 11.0. The third kappa shape index (κ3) is 5.20. The first-order valence-electron chi connectivity index (χ1n) is 6.07. The number of carboxylic acids is 1. The minimum absolute atomic E-state index is 0.155. The number of hydrogen-bond acceptors (Lipinski definition) is 6. The minimum atomic E-state index is -1.19. The van der Waals surface area contributed by atoms with Crippen molar-refractivity contribution in [1.82, 2.24) is 9.59 Å². The van der Waals surface area contributed by atoms with Gasteiger partial charge in [-0.3, -0.25) is 0 Å². The van der Waals surface area contributed by atoms with Crippen LogP contribution in [0.1, 0.15) is 10.4 Å². The summed E-state index contributed by atoms with van der Waals surface area (Å²) in [5.41, 5.74) is 0.754. The van der Waals surface area contributed by atoms with Crippen LogP contribution in [0.2, 0.25) is 0 Å². The van der Waals surface area contributed by atoms with Crippen LogP contribution in [0, 0.1) is 0 Å². The molecule has 7 heteroatoms. The van der Waals surface area contributed by atoms with Gasteiger partial charge in [-0.2, -0.15) is 0 Å². The van der Waals surface area contributed by atoms with Crippen LogP contribution in [0.25, 0.3) is 10.2 Å². The first-order chi connectivity index (χ1) is 9.35. The lowest BCUT2D eigenvalue weighted by molar-refractivity contribution is -0.870. The average Bonchev–Trinajstić information content (AvgIpc) is 2.83. The molecule has 0 N–H and O–H groups in total. The van der Waals surface area contributed by atoms with Crippen LogP contribution in [0.3, 0.4) is 0 Å². The zero-order valence-electron chi connectivity index (χ0n) is 12.1. The van der Waals surface area contributed by atoms with Crippen molar-refractivity contribution in [1.29, 1.82) is 0 Å². The number of likely N-dealkylation sites (N-methyl/N-ethyl adjacent to an activating group) is 1. The number of benzene rings is 1. The number of ether oxygens (including phenoxy) is 1. The van der Waals surface area contributed by atoms with Crippen LogP contribution in [0.5, 0.6) is 0 Å². The van der Waals surface area contributed by atoms with Gasteiger partial charge in [0.1, 0.15) is 12.1 Å². The molecule has 0 aliphatic carbocycles. The predicted molar refractivity (Wildman–Crippen MR) is 76.5 cm³/mol. The maximum absolute atomic E-state index is 10.6. The van der Waals surface area contributed by atoms with Gasteiger partial charge in [-0.15, -0.1) is 5.10 Å². The molecule has 2 aromatic rings. The molecule has 2 rings (SSSR count). The lowest BCUT2D eigenvalue weighted by atomic mass is 10.2. The lowest BCUT2D eigenvalue weighted by Gasteiger charge is -2.22. The average molecular weight is 297 g/mol. The molecule has 0 saturated heterocycles.